The Bertz CT molecular complexity index is 421. The first-order valence-electron chi connectivity index (χ1n) is 8.14. The molecule has 0 unspecified atom stereocenters. The van der Waals surface area contributed by atoms with E-state index in [1.165, 1.54) is 30.4 Å². The van der Waals surface area contributed by atoms with Crippen molar-refractivity contribution in [2.24, 2.45) is 5.92 Å². The fourth-order valence-corrected chi connectivity index (χ4v) is 2.75. The Labute approximate surface area is 128 Å². The largest absolute Gasteiger partial charge is 0.381 e. The lowest BCUT2D eigenvalue weighted by atomic mass is 9.95. The van der Waals surface area contributed by atoms with Gasteiger partial charge in [-0.3, -0.25) is 4.79 Å². The highest BCUT2D eigenvalue weighted by Crippen LogP contribution is 2.19. The van der Waals surface area contributed by atoms with Gasteiger partial charge in [0, 0.05) is 26.2 Å². The maximum atomic E-state index is 11.8. The summed E-state index contributed by atoms with van der Waals surface area (Å²) in [5, 5.41) is 3.03. The highest BCUT2D eigenvalue weighted by atomic mass is 16.5. The molecule has 1 amide bonds. The highest BCUT2D eigenvalue weighted by molar-refractivity contribution is 5.76. The quantitative estimate of drug-likeness (QED) is 0.783. The third-order valence-electron chi connectivity index (χ3n) is 4.21. The smallest absolute Gasteiger partial charge is 0.220 e. The number of amides is 1. The summed E-state index contributed by atoms with van der Waals surface area (Å²) in [5.41, 5.74) is 2.49. The van der Waals surface area contributed by atoms with Crippen LogP contribution >= 0.6 is 0 Å². The van der Waals surface area contributed by atoms with Gasteiger partial charge < -0.3 is 10.1 Å². The molecule has 0 atom stereocenters. The second-order valence-corrected chi connectivity index (χ2v) is 6.03. The average molecular weight is 289 g/mol. The zero-order chi connectivity index (χ0) is 14.9. The van der Waals surface area contributed by atoms with Gasteiger partial charge in [0.15, 0.2) is 0 Å². The van der Waals surface area contributed by atoms with Crippen LogP contribution in [0.25, 0.3) is 0 Å². The van der Waals surface area contributed by atoms with Gasteiger partial charge in [0.05, 0.1) is 0 Å². The van der Waals surface area contributed by atoms with Crippen LogP contribution < -0.4 is 5.32 Å². The van der Waals surface area contributed by atoms with E-state index >= 15 is 0 Å². The molecule has 1 heterocycles. The van der Waals surface area contributed by atoms with Gasteiger partial charge in [0.2, 0.25) is 5.91 Å². The molecule has 21 heavy (non-hydrogen) atoms. The van der Waals surface area contributed by atoms with Gasteiger partial charge in [0.25, 0.3) is 0 Å². The third-order valence-corrected chi connectivity index (χ3v) is 4.21. The molecule has 2 rings (SSSR count). The van der Waals surface area contributed by atoms with Crippen molar-refractivity contribution >= 4 is 5.91 Å². The van der Waals surface area contributed by atoms with E-state index in [4.69, 9.17) is 4.74 Å². The van der Waals surface area contributed by atoms with Crippen molar-refractivity contribution in [3.05, 3.63) is 35.4 Å². The average Bonchev–Trinajstić information content (AvgIpc) is 2.52. The summed E-state index contributed by atoms with van der Waals surface area (Å²) in [5.74, 6) is 0.964. The van der Waals surface area contributed by atoms with Gasteiger partial charge in [-0.2, -0.15) is 0 Å². The van der Waals surface area contributed by atoms with Crippen molar-refractivity contribution in [3.63, 3.8) is 0 Å². The molecule has 1 fully saturated rings. The summed E-state index contributed by atoms with van der Waals surface area (Å²) in [7, 11) is 0. The lowest BCUT2D eigenvalue weighted by molar-refractivity contribution is -0.121. The molecule has 0 radical (unpaired) electrons. The van der Waals surface area contributed by atoms with E-state index in [-0.39, 0.29) is 5.91 Å². The van der Waals surface area contributed by atoms with Gasteiger partial charge in [0.1, 0.15) is 0 Å². The monoisotopic (exact) mass is 289 g/mol. The molecule has 1 aliphatic rings. The van der Waals surface area contributed by atoms with Crippen molar-refractivity contribution < 1.29 is 9.53 Å². The van der Waals surface area contributed by atoms with E-state index in [0.29, 0.717) is 6.42 Å². The molecular formula is C18H27NO2. The Balaban J connectivity index is 1.54. The lowest BCUT2D eigenvalue weighted by Gasteiger charge is -2.21. The minimum Gasteiger partial charge on any atom is -0.381 e. The van der Waals surface area contributed by atoms with E-state index in [1.54, 1.807) is 0 Å². The van der Waals surface area contributed by atoms with Crippen LogP contribution in [0.3, 0.4) is 0 Å². The first kappa shape index (κ1) is 16.0. The van der Waals surface area contributed by atoms with Crippen LogP contribution in [0.15, 0.2) is 24.3 Å². The fraction of sp³-hybridized carbons (Fsp3) is 0.611. The zero-order valence-electron chi connectivity index (χ0n) is 13.1. The summed E-state index contributed by atoms with van der Waals surface area (Å²) in [6.07, 6.45) is 6.07. The summed E-state index contributed by atoms with van der Waals surface area (Å²) in [4.78, 5) is 11.8. The van der Waals surface area contributed by atoms with Crippen LogP contribution in [0.2, 0.25) is 0 Å². The van der Waals surface area contributed by atoms with Crippen LogP contribution in [0, 0.1) is 12.8 Å². The van der Waals surface area contributed by atoms with Crippen LogP contribution in [-0.2, 0) is 16.0 Å². The highest BCUT2D eigenvalue weighted by Gasteiger charge is 2.13. The maximum absolute atomic E-state index is 11.8. The van der Waals surface area contributed by atoms with E-state index in [0.717, 1.165) is 38.5 Å². The molecule has 0 aliphatic carbocycles. The Kier molecular flexibility index (Phi) is 6.74. The minimum absolute atomic E-state index is 0.169. The molecule has 3 nitrogen and oxygen atoms in total. The summed E-state index contributed by atoms with van der Waals surface area (Å²) in [6, 6.07) is 8.41. The number of carbonyl (C=O) groups is 1. The topological polar surface area (TPSA) is 38.3 Å². The molecule has 3 heteroatoms. The Morgan fingerprint density at radius 3 is 2.67 bits per heavy atom. The summed E-state index contributed by atoms with van der Waals surface area (Å²) < 4.78 is 5.36. The number of aryl methyl sites for hydroxylation is 2. The zero-order valence-corrected chi connectivity index (χ0v) is 13.1. The van der Waals surface area contributed by atoms with Crippen molar-refractivity contribution in [3.8, 4) is 0 Å². The number of hydrogen-bond donors (Lipinski definition) is 1. The standard InChI is InChI=1S/C18H27NO2/c1-15-4-6-17(7-5-15)8-9-18(20)19-12-2-3-16-10-13-21-14-11-16/h4-7,16H,2-3,8-14H2,1H3,(H,19,20). The molecule has 0 bridgehead atoms. The number of hydrogen-bond acceptors (Lipinski definition) is 2. The second kappa shape index (κ2) is 8.83. The number of benzene rings is 1. The molecule has 116 valence electrons. The number of ether oxygens (including phenoxy) is 1. The summed E-state index contributed by atoms with van der Waals surface area (Å²) >= 11 is 0. The first-order valence-corrected chi connectivity index (χ1v) is 8.14. The van der Waals surface area contributed by atoms with Gasteiger partial charge in [-0.1, -0.05) is 29.8 Å². The van der Waals surface area contributed by atoms with E-state index in [9.17, 15) is 4.79 Å². The molecule has 0 saturated carbocycles. The molecule has 1 N–H and O–H groups in total. The SMILES string of the molecule is Cc1ccc(CCC(=O)NCCCC2CCOCC2)cc1. The molecule has 1 aromatic rings. The van der Waals surface area contributed by atoms with Crippen LogP contribution in [0.4, 0.5) is 0 Å². The molecule has 0 aromatic heterocycles. The van der Waals surface area contributed by atoms with Crippen LogP contribution in [0.5, 0.6) is 0 Å². The van der Waals surface area contributed by atoms with Gasteiger partial charge in [-0.05, 0) is 50.5 Å². The number of carbonyl (C=O) groups excluding carboxylic acids is 1. The normalized spacial score (nSPS) is 15.9. The van der Waals surface area contributed by atoms with Crippen molar-refractivity contribution in [2.45, 2.75) is 45.4 Å². The number of nitrogens with one attached hydrogen (secondary N) is 1. The molecule has 1 aliphatic heterocycles. The van der Waals surface area contributed by atoms with Gasteiger partial charge in [-0.25, -0.2) is 0 Å². The Morgan fingerprint density at radius 1 is 1.24 bits per heavy atom. The molecular weight excluding hydrogens is 262 g/mol. The van der Waals surface area contributed by atoms with E-state index in [1.807, 2.05) is 0 Å². The Morgan fingerprint density at radius 2 is 1.95 bits per heavy atom. The van der Waals surface area contributed by atoms with Crippen LogP contribution in [0.1, 0.15) is 43.2 Å². The van der Waals surface area contributed by atoms with E-state index < -0.39 is 0 Å². The minimum atomic E-state index is 0.169. The van der Waals surface area contributed by atoms with Crippen molar-refractivity contribution in [1.29, 1.82) is 0 Å². The number of rotatable bonds is 7. The van der Waals surface area contributed by atoms with Crippen molar-refractivity contribution in [1.82, 2.24) is 5.32 Å². The molecule has 0 spiro atoms. The molecule has 1 aromatic carbocycles. The predicted molar refractivity (Wildman–Crippen MR) is 85.3 cm³/mol. The third kappa shape index (κ3) is 6.30. The molecule has 1 saturated heterocycles. The lowest BCUT2D eigenvalue weighted by Crippen LogP contribution is -2.25. The predicted octanol–water partition coefficient (Wildman–Crippen LogP) is 3.25. The van der Waals surface area contributed by atoms with Gasteiger partial charge >= 0.3 is 0 Å². The maximum Gasteiger partial charge on any atom is 0.220 e. The fourth-order valence-electron chi connectivity index (χ4n) is 2.75. The summed E-state index contributed by atoms with van der Waals surface area (Å²) in [6.45, 7) is 4.71. The van der Waals surface area contributed by atoms with E-state index in [2.05, 4.69) is 36.5 Å². The van der Waals surface area contributed by atoms with Gasteiger partial charge in [-0.15, -0.1) is 0 Å². The first-order chi connectivity index (χ1) is 10.2. The van der Waals surface area contributed by atoms with Crippen molar-refractivity contribution in [2.75, 3.05) is 19.8 Å². The second-order valence-electron chi connectivity index (χ2n) is 6.03. The van der Waals surface area contributed by atoms with Crippen LogP contribution in [-0.4, -0.2) is 25.7 Å². The Hall–Kier alpha value is -1.35.